The molecule has 1 saturated carbocycles. The average molecular weight is 548 g/mol. The van der Waals surface area contributed by atoms with Gasteiger partial charge in [-0.05, 0) is 52.0 Å². The summed E-state index contributed by atoms with van der Waals surface area (Å²) in [6.45, 7) is 6.36. The Morgan fingerprint density at radius 1 is 1.24 bits per heavy atom. The van der Waals surface area contributed by atoms with Gasteiger partial charge in [0.2, 0.25) is 0 Å². The molecule has 1 aliphatic carbocycles. The molecule has 5 rings (SSSR count). The maximum Gasteiger partial charge on any atom is 0.459 e. The van der Waals surface area contributed by atoms with Crippen LogP contribution in [0.2, 0.25) is 0 Å². The summed E-state index contributed by atoms with van der Waals surface area (Å²) in [6.07, 6.45) is -2.87. The molecule has 2 aromatic heterocycles. The van der Waals surface area contributed by atoms with Crippen LogP contribution in [-0.4, -0.2) is 66.3 Å². The number of nitrogens with two attached hydrogens (primary N) is 1. The highest BCUT2D eigenvalue weighted by molar-refractivity contribution is 7.52. The average Bonchev–Trinajstić information content (AvgIpc) is 3.14. The number of carbonyl (C=O) groups excluding carboxylic acids is 1. The highest BCUT2D eigenvalue weighted by Gasteiger charge is 2.87. The SMILES string of the molecule is CC(C)OC(=O)[C@H](C)NP(=O)(Oc1ccccc1)OC1[C@@]2(C)O[C@@H](c3ccc4c(N)ncnn34)[C@H](O)[C@@]12O. The number of nitrogens with one attached hydrogen (secondary N) is 1. The van der Waals surface area contributed by atoms with E-state index in [2.05, 4.69) is 15.2 Å². The number of benzene rings is 1. The molecule has 0 amide bonds. The van der Waals surface area contributed by atoms with Crippen molar-refractivity contribution in [2.75, 3.05) is 5.73 Å². The van der Waals surface area contributed by atoms with E-state index < -0.39 is 55.4 Å². The fraction of sp³-hybridized carbons (Fsp3) is 0.458. The Labute approximate surface area is 218 Å². The lowest BCUT2D eigenvalue weighted by Crippen LogP contribution is -2.39. The smallest absolute Gasteiger partial charge is 0.459 e. The summed E-state index contributed by atoms with van der Waals surface area (Å²) in [5.74, 6) is -0.226. The summed E-state index contributed by atoms with van der Waals surface area (Å²) in [6, 6.07) is 10.5. The monoisotopic (exact) mass is 547 g/mol. The van der Waals surface area contributed by atoms with Crippen LogP contribution in [0.15, 0.2) is 48.8 Å². The number of anilines is 1. The third-order valence-electron chi connectivity index (χ3n) is 6.79. The van der Waals surface area contributed by atoms with Gasteiger partial charge < -0.3 is 29.9 Å². The zero-order valence-electron chi connectivity index (χ0n) is 21.2. The second-order valence-corrected chi connectivity index (χ2v) is 11.5. The van der Waals surface area contributed by atoms with Crippen LogP contribution in [0.25, 0.3) is 5.52 Å². The van der Waals surface area contributed by atoms with Gasteiger partial charge in [-0.3, -0.25) is 9.32 Å². The topological polar surface area (TPSA) is 180 Å². The Morgan fingerprint density at radius 3 is 2.58 bits per heavy atom. The first-order valence-corrected chi connectivity index (χ1v) is 13.6. The van der Waals surface area contributed by atoms with Gasteiger partial charge >= 0.3 is 13.7 Å². The highest BCUT2D eigenvalue weighted by atomic mass is 31.2. The van der Waals surface area contributed by atoms with E-state index in [1.807, 2.05) is 0 Å². The molecule has 2 unspecified atom stereocenters. The van der Waals surface area contributed by atoms with Crippen LogP contribution < -0.4 is 15.3 Å². The molecule has 7 atom stereocenters. The summed E-state index contributed by atoms with van der Waals surface area (Å²) in [7, 11) is -4.32. The lowest BCUT2D eigenvalue weighted by atomic mass is 10.0. The van der Waals surface area contributed by atoms with Crippen LogP contribution in [0.3, 0.4) is 0 Å². The van der Waals surface area contributed by atoms with E-state index in [4.69, 9.17) is 24.3 Å². The van der Waals surface area contributed by atoms with Crippen molar-refractivity contribution < 1.29 is 38.1 Å². The van der Waals surface area contributed by atoms with Crippen molar-refractivity contribution in [3.05, 3.63) is 54.5 Å². The van der Waals surface area contributed by atoms with Gasteiger partial charge in [-0.1, -0.05) is 18.2 Å². The fourth-order valence-corrected chi connectivity index (χ4v) is 6.55. The Bertz CT molecular complexity index is 1400. The Hall–Kier alpha value is -3.06. The van der Waals surface area contributed by atoms with E-state index in [9.17, 15) is 19.6 Å². The van der Waals surface area contributed by atoms with Gasteiger partial charge in [0.15, 0.2) is 11.4 Å². The lowest BCUT2D eigenvalue weighted by molar-refractivity contribution is -0.149. The van der Waals surface area contributed by atoms with E-state index in [-0.39, 0.29) is 11.6 Å². The molecule has 0 radical (unpaired) electrons. The number of hydrogen-bond acceptors (Lipinski definition) is 11. The molecule has 14 heteroatoms. The number of nitrogens with zero attached hydrogens (tertiary/aromatic N) is 3. The Morgan fingerprint density at radius 2 is 1.95 bits per heavy atom. The van der Waals surface area contributed by atoms with E-state index in [1.165, 1.54) is 24.7 Å². The molecular weight excluding hydrogens is 517 g/mol. The lowest BCUT2D eigenvalue weighted by Gasteiger charge is -2.27. The summed E-state index contributed by atoms with van der Waals surface area (Å²) >= 11 is 0. The van der Waals surface area contributed by atoms with Crippen molar-refractivity contribution in [2.45, 2.75) is 69.4 Å². The maximum absolute atomic E-state index is 13.9. The Balaban J connectivity index is 1.39. The predicted octanol–water partition coefficient (Wildman–Crippen LogP) is 1.75. The second kappa shape index (κ2) is 9.30. The fourth-order valence-electron chi connectivity index (χ4n) is 4.78. The first kappa shape index (κ1) is 26.5. The maximum atomic E-state index is 13.9. The number of aromatic nitrogens is 3. The molecule has 13 nitrogen and oxygen atoms in total. The van der Waals surface area contributed by atoms with E-state index in [0.717, 1.165) is 0 Å². The molecule has 204 valence electrons. The van der Waals surface area contributed by atoms with Crippen LogP contribution >= 0.6 is 7.75 Å². The number of carbonyl (C=O) groups is 1. The number of rotatable bonds is 9. The summed E-state index contributed by atoms with van der Waals surface area (Å²) in [5.41, 5.74) is 3.45. The standard InChI is InChI=1S/C24H30N5O8P/c1-13(2)34-21(31)14(3)28-38(33,36-15-8-6-5-7-9-15)37-22-23(4)24(22,32)19(30)18(35-23)16-10-11-17-20(25)26-12-27-29(16)17/h5-14,18-19,22,30,32H,1-4H3,(H,28,33)(H2,25,26,27)/t14-,18-,19-,22?,23+,24+,38?/m0/s1. The van der Waals surface area contributed by atoms with Gasteiger partial charge in [0.05, 0.1) is 11.8 Å². The molecule has 38 heavy (non-hydrogen) atoms. The first-order chi connectivity index (χ1) is 17.9. The van der Waals surface area contributed by atoms with Crippen molar-refractivity contribution in [3.63, 3.8) is 0 Å². The number of nitrogen functional groups attached to an aromatic ring is 1. The van der Waals surface area contributed by atoms with Gasteiger partial charge in [0, 0.05) is 0 Å². The largest absolute Gasteiger partial charge is 0.462 e. The zero-order valence-corrected chi connectivity index (χ0v) is 22.1. The number of hydrogen-bond donors (Lipinski definition) is 4. The molecule has 0 spiro atoms. The number of esters is 1. The predicted molar refractivity (Wildman–Crippen MR) is 134 cm³/mol. The van der Waals surface area contributed by atoms with Crippen molar-refractivity contribution in [1.82, 2.24) is 19.7 Å². The second-order valence-electron chi connectivity index (χ2n) is 9.84. The van der Waals surface area contributed by atoms with Crippen molar-refractivity contribution >= 4 is 25.1 Å². The summed E-state index contributed by atoms with van der Waals surface area (Å²) in [5, 5.41) is 29.4. The van der Waals surface area contributed by atoms with Gasteiger partial charge in [-0.15, -0.1) is 0 Å². The van der Waals surface area contributed by atoms with Gasteiger partial charge in [0.1, 0.15) is 47.5 Å². The third kappa shape index (κ3) is 4.25. The van der Waals surface area contributed by atoms with Gasteiger partial charge in [0.25, 0.3) is 0 Å². The number of para-hydroxylation sites is 1. The molecular formula is C24H30N5O8P. The van der Waals surface area contributed by atoms with Gasteiger partial charge in [-0.2, -0.15) is 10.2 Å². The van der Waals surface area contributed by atoms with E-state index >= 15 is 0 Å². The minimum atomic E-state index is -4.32. The Kier molecular flexibility index (Phi) is 6.49. The molecule has 3 aromatic rings. The van der Waals surface area contributed by atoms with Crippen LogP contribution in [0.5, 0.6) is 5.75 Å². The van der Waals surface area contributed by atoms with Crippen LogP contribution in [0, 0.1) is 0 Å². The van der Waals surface area contributed by atoms with Crippen LogP contribution in [-0.2, 0) is 23.4 Å². The van der Waals surface area contributed by atoms with Crippen LogP contribution in [0.1, 0.15) is 39.5 Å². The number of ether oxygens (including phenoxy) is 2. The van der Waals surface area contributed by atoms with Crippen molar-refractivity contribution in [2.24, 2.45) is 0 Å². The quantitative estimate of drug-likeness (QED) is 0.226. The highest BCUT2D eigenvalue weighted by Crippen LogP contribution is 2.68. The van der Waals surface area contributed by atoms with E-state index in [1.54, 1.807) is 56.3 Å². The van der Waals surface area contributed by atoms with Crippen LogP contribution in [0.4, 0.5) is 5.82 Å². The zero-order chi connectivity index (χ0) is 27.5. The molecule has 2 aliphatic rings. The summed E-state index contributed by atoms with van der Waals surface area (Å²) in [4.78, 5) is 16.4. The number of fused-ring (bicyclic) bond motifs is 2. The molecule has 2 fully saturated rings. The molecule has 5 N–H and O–H groups in total. The van der Waals surface area contributed by atoms with Crippen molar-refractivity contribution in [1.29, 1.82) is 0 Å². The molecule has 1 aromatic carbocycles. The molecule has 3 heterocycles. The minimum absolute atomic E-state index is 0.201. The van der Waals surface area contributed by atoms with E-state index in [0.29, 0.717) is 11.2 Å². The van der Waals surface area contributed by atoms with Crippen molar-refractivity contribution in [3.8, 4) is 5.75 Å². The number of aliphatic hydroxyl groups excluding tert-OH is 1. The number of aliphatic hydroxyl groups is 2. The summed E-state index contributed by atoms with van der Waals surface area (Å²) < 4.78 is 38.2. The third-order valence-corrected chi connectivity index (χ3v) is 8.44. The van der Waals surface area contributed by atoms with Gasteiger partial charge in [-0.25, -0.2) is 14.1 Å². The normalized spacial score (nSPS) is 30.6. The molecule has 1 aliphatic heterocycles. The molecule has 1 saturated heterocycles. The molecule has 0 bridgehead atoms. The minimum Gasteiger partial charge on any atom is -0.462 e. The first-order valence-electron chi connectivity index (χ1n) is 12.1.